The van der Waals surface area contributed by atoms with Gasteiger partial charge in [0.05, 0.1) is 0 Å². The molecule has 0 atom stereocenters. The van der Waals surface area contributed by atoms with Crippen LogP contribution in [0.4, 0.5) is 0 Å². The van der Waals surface area contributed by atoms with Gasteiger partial charge in [0.2, 0.25) is 5.78 Å². The molecule has 0 saturated carbocycles. The zero-order chi connectivity index (χ0) is 24.0. The molecule has 0 saturated heterocycles. The Hall–Kier alpha value is -4.23. The quantitative estimate of drug-likeness (QED) is 0.202. The van der Waals surface area contributed by atoms with E-state index in [1.165, 1.54) is 0 Å². The fourth-order valence-electron chi connectivity index (χ4n) is 3.32. The Morgan fingerprint density at radius 1 is 0.788 bits per heavy atom. The van der Waals surface area contributed by atoms with Gasteiger partial charge in [0, 0.05) is 11.6 Å². The van der Waals surface area contributed by atoms with E-state index in [4.69, 9.17) is 0 Å². The molecule has 7 heteroatoms. The molecule has 0 aliphatic heterocycles. The Kier molecular flexibility index (Phi) is 7.05. The molecule has 3 aromatic rings. The van der Waals surface area contributed by atoms with Crippen molar-refractivity contribution in [3.8, 4) is 0 Å². The third kappa shape index (κ3) is 5.34. The Bertz CT molecular complexity index is 1170. The highest BCUT2D eigenvalue weighted by atomic mass is 16.3. The van der Waals surface area contributed by atoms with Gasteiger partial charge in [-0.1, -0.05) is 90.0 Å². The zero-order valence-electron chi connectivity index (χ0n) is 18.2. The average molecular weight is 444 g/mol. The van der Waals surface area contributed by atoms with Crippen LogP contribution in [0.2, 0.25) is 0 Å². The summed E-state index contributed by atoms with van der Waals surface area (Å²) >= 11 is 0. The van der Waals surface area contributed by atoms with E-state index in [0.29, 0.717) is 16.7 Å². The molecule has 0 spiro atoms. The molecular formula is C26H24N2O5. The number of rotatable bonds is 6. The minimum atomic E-state index is -2.13. The van der Waals surface area contributed by atoms with Gasteiger partial charge < -0.3 is 10.2 Å². The standard InChI is InChI=1S/C26H24N2O5/c1-17-8-6-12-20(14-17)26(33,21-13-7-9-18(2)15-21)25(32)28-27-24(31)23(30)16-22(29)19-10-4-3-5-11-19/h3-16,29,33H,1-2H3,(H,27,31)(H,28,32)/b22-16-. The van der Waals surface area contributed by atoms with Crippen molar-refractivity contribution in [3.63, 3.8) is 0 Å². The molecule has 168 valence electrons. The van der Waals surface area contributed by atoms with Crippen LogP contribution in [0.5, 0.6) is 0 Å². The Morgan fingerprint density at radius 3 is 1.85 bits per heavy atom. The van der Waals surface area contributed by atoms with Gasteiger partial charge in [-0.2, -0.15) is 0 Å². The number of hydrazine groups is 1. The molecule has 3 aromatic carbocycles. The number of aryl methyl sites for hydroxylation is 2. The number of benzene rings is 3. The fourth-order valence-corrected chi connectivity index (χ4v) is 3.32. The minimum Gasteiger partial charge on any atom is -0.507 e. The van der Waals surface area contributed by atoms with E-state index in [2.05, 4.69) is 5.43 Å². The first-order valence-corrected chi connectivity index (χ1v) is 10.2. The van der Waals surface area contributed by atoms with Gasteiger partial charge in [0.15, 0.2) is 5.60 Å². The SMILES string of the molecule is Cc1cccc(C(O)(C(=O)NNC(=O)C(=O)/C=C(\O)c2ccccc2)c2cccc(C)c2)c1. The zero-order valence-corrected chi connectivity index (χ0v) is 18.2. The van der Waals surface area contributed by atoms with E-state index in [1.54, 1.807) is 66.7 Å². The monoisotopic (exact) mass is 444 g/mol. The summed E-state index contributed by atoms with van der Waals surface area (Å²) in [6.45, 7) is 3.65. The Morgan fingerprint density at radius 2 is 1.33 bits per heavy atom. The number of hydrogen-bond acceptors (Lipinski definition) is 5. The molecule has 2 amide bonds. The molecular weight excluding hydrogens is 420 g/mol. The van der Waals surface area contributed by atoms with Crippen LogP contribution in [0.1, 0.15) is 27.8 Å². The summed E-state index contributed by atoms with van der Waals surface area (Å²) in [4.78, 5) is 37.5. The maximum absolute atomic E-state index is 13.1. The number of aliphatic hydroxyl groups excluding tert-OH is 1. The van der Waals surface area contributed by atoms with E-state index in [-0.39, 0.29) is 0 Å². The number of carbonyl (C=O) groups is 3. The molecule has 0 heterocycles. The van der Waals surface area contributed by atoms with E-state index in [0.717, 1.165) is 17.2 Å². The molecule has 0 radical (unpaired) electrons. The van der Waals surface area contributed by atoms with Crippen LogP contribution < -0.4 is 10.9 Å². The van der Waals surface area contributed by atoms with Crippen molar-refractivity contribution < 1.29 is 24.6 Å². The summed E-state index contributed by atoms with van der Waals surface area (Å²) in [6, 6.07) is 21.8. The topological polar surface area (TPSA) is 116 Å². The summed E-state index contributed by atoms with van der Waals surface area (Å²) in [6.07, 6.45) is 0.754. The lowest BCUT2D eigenvalue weighted by molar-refractivity contribution is -0.142. The minimum absolute atomic E-state index is 0.299. The van der Waals surface area contributed by atoms with Gasteiger partial charge >= 0.3 is 5.91 Å². The van der Waals surface area contributed by atoms with E-state index < -0.39 is 29.0 Å². The van der Waals surface area contributed by atoms with E-state index in [9.17, 15) is 24.6 Å². The first-order valence-electron chi connectivity index (χ1n) is 10.2. The number of ketones is 1. The first-order chi connectivity index (χ1) is 15.7. The second kappa shape index (κ2) is 9.93. The van der Waals surface area contributed by atoms with Crippen LogP contribution in [-0.2, 0) is 20.0 Å². The lowest BCUT2D eigenvalue weighted by Crippen LogP contribution is -2.53. The normalized spacial score (nSPS) is 11.5. The van der Waals surface area contributed by atoms with Crippen molar-refractivity contribution in [2.24, 2.45) is 0 Å². The number of nitrogens with one attached hydrogen (secondary N) is 2. The Balaban J connectivity index is 1.81. The molecule has 3 rings (SSSR count). The van der Waals surface area contributed by atoms with Gasteiger partial charge in [-0.25, -0.2) is 0 Å². The lowest BCUT2D eigenvalue weighted by atomic mass is 9.84. The van der Waals surface area contributed by atoms with Crippen molar-refractivity contribution in [3.05, 3.63) is 113 Å². The first kappa shape index (κ1) is 23.4. The van der Waals surface area contributed by atoms with Crippen LogP contribution in [0.15, 0.2) is 84.9 Å². The second-order valence-corrected chi connectivity index (χ2v) is 7.62. The maximum Gasteiger partial charge on any atom is 0.310 e. The number of hydrogen-bond donors (Lipinski definition) is 4. The third-order valence-corrected chi connectivity index (χ3v) is 5.05. The predicted octanol–water partition coefficient (Wildman–Crippen LogP) is 2.85. The average Bonchev–Trinajstić information content (AvgIpc) is 2.82. The summed E-state index contributed by atoms with van der Waals surface area (Å²) in [5.74, 6) is -3.60. The molecule has 0 aliphatic rings. The van der Waals surface area contributed by atoms with Crippen LogP contribution >= 0.6 is 0 Å². The van der Waals surface area contributed by atoms with E-state index in [1.807, 2.05) is 31.4 Å². The smallest absolute Gasteiger partial charge is 0.310 e. The summed E-state index contributed by atoms with van der Waals surface area (Å²) in [5, 5.41) is 21.5. The molecule has 0 fully saturated rings. The summed E-state index contributed by atoms with van der Waals surface area (Å²) in [7, 11) is 0. The largest absolute Gasteiger partial charge is 0.507 e. The predicted molar refractivity (Wildman–Crippen MR) is 124 cm³/mol. The fraction of sp³-hybridized carbons (Fsp3) is 0.115. The molecule has 0 bridgehead atoms. The highest BCUT2D eigenvalue weighted by Gasteiger charge is 2.40. The number of aliphatic hydroxyl groups is 2. The number of carbonyl (C=O) groups excluding carboxylic acids is 3. The third-order valence-electron chi connectivity index (χ3n) is 5.05. The van der Waals surface area contributed by atoms with Crippen molar-refractivity contribution in [1.29, 1.82) is 0 Å². The van der Waals surface area contributed by atoms with Gasteiger partial charge in [0.25, 0.3) is 5.91 Å². The van der Waals surface area contributed by atoms with Crippen molar-refractivity contribution >= 4 is 23.4 Å². The lowest BCUT2D eigenvalue weighted by Gasteiger charge is -2.28. The van der Waals surface area contributed by atoms with Gasteiger partial charge in [-0.15, -0.1) is 0 Å². The van der Waals surface area contributed by atoms with Crippen LogP contribution in [-0.4, -0.2) is 27.8 Å². The molecule has 0 unspecified atom stereocenters. The van der Waals surface area contributed by atoms with Gasteiger partial charge in [-0.05, 0) is 25.0 Å². The molecule has 0 aromatic heterocycles. The highest BCUT2D eigenvalue weighted by molar-refractivity contribution is 6.41. The Labute approximate surface area is 191 Å². The van der Waals surface area contributed by atoms with Gasteiger partial charge in [0.1, 0.15) is 5.76 Å². The van der Waals surface area contributed by atoms with Crippen molar-refractivity contribution in [2.75, 3.05) is 0 Å². The number of amides is 2. The molecule has 7 nitrogen and oxygen atoms in total. The van der Waals surface area contributed by atoms with Gasteiger partial charge in [-0.3, -0.25) is 25.2 Å². The molecule has 4 N–H and O–H groups in total. The molecule has 0 aliphatic carbocycles. The highest BCUT2D eigenvalue weighted by Crippen LogP contribution is 2.31. The van der Waals surface area contributed by atoms with Crippen LogP contribution in [0.3, 0.4) is 0 Å². The van der Waals surface area contributed by atoms with Crippen molar-refractivity contribution in [1.82, 2.24) is 10.9 Å². The molecule has 33 heavy (non-hydrogen) atoms. The van der Waals surface area contributed by atoms with Crippen LogP contribution in [0, 0.1) is 13.8 Å². The summed E-state index contributed by atoms with van der Waals surface area (Å²) < 4.78 is 0. The van der Waals surface area contributed by atoms with E-state index >= 15 is 0 Å². The van der Waals surface area contributed by atoms with Crippen molar-refractivity contribution in [2.45, 2.75) is 19.4 Å². The summed E-state index contributed by atoms with van der Waals surface area (Å²) in [5.41, 5.74) is 4.62. The second-order valence-electron chi connectivity index (χ2n) is 7.62. The maximum atomic E-state index is 13.1. The van der Waals surface area contributed by atoms with Crippen LogP contribution in [0.25, 0.3) is 5.76 Å².